The summed E-state index contributed by atoms with van der Waals surface area (Å²) in [6.45, 7) is 7.29. The van der Waals surface area contributed by atoms with Gasteiger partial charge in [-0.1, -0.05) is 12.1 Å². The van der Waals surface area contributed by atoms with Crippen LogP contribution in [0.15, 0.2) is 10.7 Å². The van der Waals surface area contributed by atoms with Gasteiger partial charge in [0.15, 0.2) is 0 Å². The Kier molecular flexibility index (Phi) is 4.24. The fourth-order valence-corrected chi connectivity index (χ4v) is 3.48. The van der Waals surface area contributed by atoms with Crippen LogP contribution in [0.1, 0.15) is 59.0 Å². The smallest absolute Gasteiger partial charge is 0.259 e. The van der Waals surface area contributed by atoms with Crippen molar-refractivity contribution < 1.29 is 9.32 Å². The van der Waals surface area contributed by atoms with Crippen molar-refractivity contribution in [2.24, 2.45) is 7.05 Å². The van der Waals surface area contributed by atoms with Crippen LogP contribution < -0.4 is 0 Å². The molecule has 6 nitrogen and oxygen atoms in total. The maximum Gasteiger partial charge on any atom is 0.259 e. The van der Waals surface area contributed by atoms with Crippen molar-refractivity contribution in [1.29, 1.82) is 0 Å². The minimum Gasteiger partial charge on any atom is -0.361 e. The second-order valence-corrected chi connectivity index (χ2v) is 6.36. The van der Waals surface area contributed by atoms with Gasteiger partial charge < -0.3 is 14.0 Å². The number of nitrogens with zero attached hydrogens (tertiary/aromatic N) is 4. The highest BCUT2D eigenvalue weighted by Gasteiger charge is 2.30. The van der Waals surface area contributed by atoms with Gasteiger partial charge in [0.25, 0.3) is 5.91 Å². The molecule has 1 aliphatic rings. The van der Waals surface area contributed by atoms with Gasteiger partial charge in [-0.05, 0) is 33.1 Å². The van der Waals surface area contributed by atoms with Crippen molar-refractivity contribution in [3.8, 4) is 0 Å². The quantitative estimate of drug-likeness (QED) is 0.873. The topological polar surface area (TPSA) is 64.2 Å². The summed E-state index contributed by atoms with van der Waals surface area (Å²) in [6.07, 6.45) is 4.80. The summed E-state index contributed by atoms with van der Waals surface area (Å²) in [4.78, 5) is 19.5. The average Bonchev–Trinajstić information content (AvgIpc) is 3.08. The molecule has 0 unspecified atom stereocenters. The van der Waals surface area contributed by atoms with Gasteiger partial charge in [0.2, 0.25) is 0 Å². The zero-order valence-corrected chi connectivity index (χ0v) is 14.3. The number of imidazole rings is 1. The number of hydrogen-bond acceptors (Lipinski definition) is 4. The van der Waals surface area contributed by atoms with Crippen LogP contribution in [0.5, 0.6) is 0 Å². The van der Waals surface area contributed by atoms with Gasteiger partial charge in [0.05, 0.1) is 11.4 Å². The second-order valence-electron chi connectivity index (χ2n) is 6.36. The van der Waals surface area contributed by atoms with Crippen LogP contribution in [0.3, 0.4) is 0 Å². The molecule has 0 aliphatic carbocycles. The number of aromatic nitrogens is 3. The third-order valence-electron chi connectivity index (χ3n) is 4.59. The van der Waals surface area contributed by atoms with Gasteiger partial charge in [-0.15, -0.1) is 0 Å². The molecule has 0 spiro atoms. The van der Waals surface area contributed by atoms with Crippen LogP contribution in [0.25, 0.3) is 0 Å². The molecule has 1 atom stereocenters. The Morgan fingerprint density at radius 2 is 2.22 bits per heavy atom. The number of hydrogen-bond donors (Lipinski definition) is 0. The SMILES string of the molecule is CCc1noc(C)c1C(=O)N1CCC[C@H](c2nc(C)cn2C)C1. The van der Waals surface area contributed by atoms with Gasteiger partial charge in [-0.3, -0.25) is 4.79 Å². The average molecular weight is 316 g/mol. The van der Waals surface area contributed by atoms with Crippen LogP contribution in [0.4, 0.5) is 0 Å². The van der Waals surface area contributed by atoms with E-state index in [-0.39, 0.29) is 11.8 Å². The number of likely N-dealkylation sites (tertiary alicyclic amines) is 1. The lowest BCUT2D eigenvalue weighted by molar-refractivity contribution is 0.0701. The van der Waals surface area contributed by atoms with E-state index < -0.39 is 0 Å². The van der Waals surface area contributed by atoms with Crippen LogP contribution in [-0.4, -0.2) is 38.6 Å². The molecule has 2 aromatic rings. The molecule has 1 saturated heterocycles. The number of piperidine rings is 1. The molecular formula is C17H24N4O2. The number of amides is 1. The van der Waals surface area contributed by atoms with E-state index in [1.54, 1.807) is 0 Å². The first-order chi connectivity index (χ1) is 11.0. The van der Waals surface area contributed by atoms with E-state index in [0.717, 1.165) is 36.6 Å². The van der Waals surface area contributed by atoms with E-state index in [1.807, 2.05) is 38.9 Å². The highest BCUT2D eigenvalue weighted by molar-refractivity contribution is 5.96. The molecule has 0 bridgehead atoms. The molecule has 2 aromatic heterocycles. The number of carbonyl (C=O) groups is 1. The Labute approximate surface area is 136 Å². The van der Waals surface area contributed by atoms with Gasteiger partial charge in [0, 0.05) is 32.3 Å². The molecule has 0 aromatic carbocycles. The summed E-state index contributed by atoms with van der Waals surface area (Å²) < 4.78 is 7.30. The van der Waals surface area contributed by atoms with Crippen LogP contribution >= 0.6 is 0 Å². The summed E-state index contributed by atoms with van der Waals surface area (Å²) in [5, 5.41) is 4.01. The fourth-order valence-electron chi connectivity index (χ4n) is 3.48. The van der Waals surface area contributed by atoms with Gasteiger partial charge in [-0.25, -0.2) is 4.98 Å². The predicted molar refractivity (Wildman–Crippen MR) is 86.4 cm³/mol. The summed E-state index contributed by atoms with van der Waals surface area (Å²) in [5.41, 5.74) is 2.42. The fraction of sp³-hybridized carbons (Fsp3) is 0.588. The Morgan fingerprint density at radius 3 is 2.87 bits per heavy atom. The van der Waals surface area contributed by atoms with E-state index in [4.69, 9.17) is 4.52 Å². The van der Waals surface area contributed by atoms with E-state index in [2.05, 4.69) is 14.7 Å². The highest BCUT2D eigenvalue weighted by atomic mass is 16.5. The monoisotopic (exact) mass is 316 g/mol. The van der Waals surface area contributed by atoms with Crippen LogP contribution in [0, 0.1) is 13.8 Å². The van der Waals surface area contributed by atoms with Gasteiger partial charge in [0.1, 0.15) is 17.1 Å². The third kappa shape index (κ3) is 2.90. The lowest BCUT2D eigenvalue weighted by Crippen LogP contribution is -2.40. The summed E-state index contributed by atoms with van der Waals surface area (Å²) in [5.74, 6) is 2.01. The Balaban J connectivity index is 1.82. The lowest BCUT2D eigenvalue weighted by Gasteiger charge is -2.32. The largest absolute Gasteiger partial charge is 0.361 e. The van der Waals surface area contributed by atoms with Gasteiger partial charge >= 0.3 is 0 Å². The molecule has 124 valence electrons. The maximum absolute atomic E-state index is 12.9. The molecule has 1 aliphatic heterocycles. The van der Waals surface area contributed by atoms with Crippen molar-refractivity contribution in [3.63, 3.8) is 0 Å². The van der Waals surface area contributed by atoms with Crippen molar-refractivity contribution in [2.45, 2.75) is 46.0 Å². The molecule has 23 heavy (non-hydrogen) atoms. The highest BCUT2D eigenvalue weighted by Crippen LogP contribution is 2.28. The standard InChI is InChI=1S/C17H24N4O2/c1-5-14-15(12(3)23-19-14)17(22)21-8-6-7-13(10-21)16-18-11(2)9-20(16)4/h9,13H,5-8,10H2,1-4H3/t13-/m0/s1. The molecule has 0 N–H and O–H groups in total. The molecule has 3 heterocycles. The first kappa shape index (κ1) is 15.8. The first-order valence-corrected chi connectivity index (χ1v) is 8.25. The lowest BCUT2D eigenvalue weighted by atomic mass is 9.96. The number of rotatable bonds is 3. The summed E-state index contributed by atoms with van der Waals surface area (Å²) >= 11 is 0. The molecule has 3 rings (SSSR count). The predicted octanol–water partition coefficient (Wildman–Crippen LogP) is 2.61. The molecular weight excluding hydrogens is 292 g/mol. The zero-order valence-electron chi connectivity index (χ0n) is 14.3. The Bertz CT molecular complexity index is 716. The van der Waals surface area contributed by atoms with Crippen LogP contribution in [-0.2, 0) is 13.5 Å². The molecule has 0 radical (unpaired) electrons. The Hall–Kier alpha value is -2.11. The van der Waals surface area contributed by atoms with E-state index >= 15 is 0 Å². The van der Waals surface area contributed by atoms with Gasteiger partial charge in [-0.2, -0.15) is 0 Å². The minimum atomic E-state index is 0.0382. The van der Waals surface area contributed by atoms with E-state index in [9.17, 15) is 4.79 Å². The zero-order chi connectivity index (χ0) is 16.6. The Morgan fingerprint density at radius 1 is 1.43 bits per heavy atom. The van der Waals surface area contributed by atoms with E-state index in [0.29, 0.717) is 24.3 Å². The maximum atomic E-state index is 12.9. The summed E-state index contributed by atoms with van der Waals surface area (Å²) in [7, 11) is 2.02. The molecule has 1 fully saturated rings. The third-order valence-corrected chi connectivity index (χ3v) is 4.59. The number of carbonyl (C=O) groups excluding carboxylic acids is 1. The molecule has 6 heteroatoms. The normalized spacial score (nSPS) is 18.4. The van der Waals surface area contributed by atoms with Crippen molar-refractivity contribution in [3.05, 3.63) is 34.7 Å². The van der Waals surface area contributed by atoms with Crippen LogP contribution in [0.2, 0.25) is 0 Å². The first-order valence-electron chi connectivity index (χ1n) is 8.25. The number of aryl methyl sites for hydroxylation is 4. The van der Waals surface area contributed by atoms with Crippen molar-refractivity contribution in [1.82, 2.24) is 19.6 Å². The minimum absolute atomic E-state index is 0.0382. The van der Waals surface area contributed by atoms with Crippen molar-refractivity contribution in [2.75, 3.05) is 13.1 Å². The summed E-state index contributed by atoms with van der Waals surface area (Å²) in [6, 6.07) is 0. The molecule has 0 saturated carbocycles. The van der Waals surface area contributed by atoms with Crippen molar-refractivity contribution >= 4 is 5.91 Å². The second kappa shape index (κ2) is 6.18. The van der Waals surface area contributed by atoms with E-state index in [1.165, 1.54) is 0 Å². The molecule has 1 amide bonds.